The summed E-state index contributed by atoms with van der Waals surface area (Å²) in [6, 6.07) is 3.10. The molecule has 1 saturated carbocycles. The fourth-order valence-corrected chi connectivity index (χ4v) is 2.55. The second kappa shape index (κ2) is 6.82. The van der Waals surface area contributed by atoms with Gasteiger partial charge in [0.2, 0.25) is 5.82 Å². The third-order valence-electron chi connectivity index (χ3n) is 3.82. The predicted octanol–water partition coefficient (Wildman–Crippen LogP) is 4.37. The maximum Gasteiger partial charge on any atom is 0.200 e. The second-order valence-corrected chi connectivity index (χ2v) is 5.30. The van der Waals surface area contributed by atoms with Crippen molar-refractivity contribution in [3.63, 3.8) is 0 Å². The van der Waals surface area contributed by atoms with Crippen LogP contribution in [0, 0.1) is 11.6 Å². The van der Waals surface area contributed by atoms with Crippen LogP contribution in [0.4, 0.5) is 8.78 Å². The van der Waals surface area contributed by atoms with Crippen molar-refractivity contribution in [1.29, 1.82) is 0 Å². The molecule has 4 heteroatoms. The van der Waals surface area contributed by atoms with Gasteiger partial charge in [0.05, 0.1) is 6.61 Å². The van der Waals surface area contributed by atoms with E-state index in [1.54, 1.807) is 6.07 Å². The van der Waals surface area contributed by atoms with Crippen LogP contribution in [0.1, 0.15) is 56.9 Å². The number of Topliss-reactive ketones (excluding diaryl/α,β-unsaturated/α-hetero) is 1. The van der Waals surface area contributed by atoms with Crippen LogP contribution < -0.4 is 4.74 Å². The van der Waals surface area contributed by atoms with Crippen LogP contribution in [0.2, 0.25) is 0 Å². The summed E-state index contributed by atoms with van der Waals surface area (Å²) in [5.74, 6) is -1.60. The summed E-state index contributed by atoms with van der Waals surface area (Å²) >= 11 is 0. The van der Waals surface area contributed by atoms with Crippen molar-refractivity contribution >= 4 is 5.78 Å². The molecule has 1 aliphatic carbocycles. The van der Waals surface area contributed by atoms with Crippen molar-refractivity contribution in [2.75, 3.05) is 6.61 Å². The first-order valence-corrected chi connectivity index (χ1v) is 7.25. The Morgan fingerprint density at radius 1 is 1.20 bits per heavy atom. The molecule has 1 fully saturated rings. The molecular weight excluding hydrogens is 262 g/mol. The Morgan fingerprint density at radius 2 is 1.90 bits per heavy atom. The van der Waals surface area contributed by atoms with Crippen molar-refractivity contribution in [1.82, 2.24) is 0 Å². The number of hydrogen-bond acceptors (Lipinski definition) is 2. The van der Waals surface area contributed by atoms with Crippen molar-refractivity contribution in [2.24, 2.45) is 0 Å². The lowest BCUT2D eigenvalue weighted by Gasteiger charge is -2.22. The summed E-state index contributed by atoms with van der Waals surface area (Å²) in [4.78, 5) is 11.2. The maximum atomic E-state index is 14.1. The van der Waals surface area contributed by atoms with Crippen LogP contribution in [0.3, 0.4) is 0 Å². The van der Waals surface area contributed by atoms with E-state index in [4.69, 9.17) is 4.74 Å². The number of unbranched alkanes of at least 4 members (excludes halogenated alkanes) is 1. The zero-order valence-electron chi connectivity index (χ0n) is 11.8. The summed E-state index contributed by atoms with van der Waals surface area (Å²) in [6.45, 7) is 2.40. The summed E-state index contributed by atoms with van der Waals surface area (Å²) in [5, 5.41) is 0. The quantitative estimate of drug-likeness (QED) is 0.750. The molecule has 2 rings (SSSR count). The van der Waals surface area contributed by atoms with Crippen LogP contribution in [0.5, 0.6) is 5.75 Å². The Labute approximate surface area is 118 Å². The number of carbonyl (C=O) groups is 1. The van der Waals surface area contributed by atoms with Crippen molar-refractivity contribution in [3.05, 3.63) is 29.3 Å². The molecule has 20 heavy (non-hydrogen) atoms. The third kappa shape index (κ3) is 3.35. The number of hydrogen-bond donors (Lipinski definition) is 0. The molecule has 0 aromatic heterocycles. The topological polar surface area (TPSA) is 26.3 Å². The largest absolute Gasteiger partial charge is 0.490 e. The van der Waals surface area contributed by atoms with Gasteiger partial charge in [0, 0.05) is 12.8 Å². The normalized spacial score (nSPS) is 16.4. The average Bonchev–Trinajstić information content (AvgIpc) is 2.45. The van der Waals surface area contributed by atoms with E-state index in [0.29, 0.717) is 37.9 Å². The minimum atomic E-state index is -0.907. The Hall–Kier alpha value is -1.45. The van der Waals surface area contributed by atoms with Gasteiger partial charge in [-0.3, -0.25) is 4.79 Å². The summed E-state index contributed by atoms with van der Waals surface area (Å²) in [5.41, 5.74) is 0.373. The molecule has 0 aliphatic heterocycles. The molecule has 0 saturated heterocycles. The Bertz CT molecular complexity index is 476. The molecule has 1 aromatic rings. The fraction of sp³-hybridized carbons (Fsp3) is 0.562. The zero-order chi connectivity index (χ0) is 14.5. The predicted molar refractivity (Wildman–Crippen MR) is 73.0 cm³/mol. The molecule has 0 spiro atoms. The van der Waals surface area contributed by atoms with Gasteiger partial charge >= 0.3 is 0 Å². The highest BCUT2D eigenvalue weighted by atomic mass is 19.2. The van der Waals surface area contributed by atoms with E-state index in [2.05, 4.69) is 0 Å². The number of rotatable bonds is 5. The van der Waals surface area contributed by atoms with E-state index < -0.39 is 11.6 Å². The maximum absolute atomic E-state index is 14.1. The van der Waals surface area contributed by atoms with Gasteiger partial charge < -0.3 is 4.74 Å². The molecule has 110 valence electrons. The molecule has 0 heterocycles. The molecule has 0 bridgehead atoms. The fourth-order valence-electron chi connectivity index (χ4n) is 2.55. The van der Waals surface area contributed by atoms with E-state index >= 15 is 0 Å². The molecular formula is C16H20F2O2. The third-order valence-corrected chi connectivity index (χ3v) is 3.82. The molecule has 1 aromatic carbocycles. The lowest BCUT2D eigenvalue weighted by atomic mass is 9.83. The van der Waals surface area contributed by atoms with Gasteiger partial charge in [-0.1, -0.05) is 19.4 Å². The summed E-state index contributed by atoms with van der Waals surface area (Å²) in [6.07, 6.45) is 3.88. The Balaban J connectivity index is 2.11. The van der Waals surface area contributed by atoms with Crippen molar-refractivity contribution < 1.29 is 18.3 Å². The summed E-state index contributed by atoms with van der Waals surface area (Å²) < 4.78 is 33.3. The highest BCUT2D eigenvalue weighted by Gasteiger charge is 2.25. The van der Waals surface area contributed by atoms with E-state index in [1.165, 1.54) is 6.07 Å². The molecule has 2 nitrogen and oxygen atoms in total. The monoisotopic (exact) mass is 282 g/mol. The molecule has 0 atom stereocenters. The van der Waals surface area contributed by atoms with E-state index in [9.17, 15) is 13.6 Å². The average molecular weight is 282 g/mol. The van der Waals surface area contributed by atoms with Gasteiger partial charge in [-0.15, -0.1) is 0 Å². The second-order valence-electron chi connectivity index (χ2n) is 5.30. The van der Waals surface area contributed by atoms with Crippen LogP contribution in [-0.2, 0) is 4.79 Å². The smallest absolute Gasteiger partial charge is 0.200 e. The van der Waals surface area contributed by atoms with Gasteiger partial charge in [0.15, 0.2) is 11.6 Å². The first kappa shape index (κ1) is 14.9. The highest BCUT2D eigenvalue weighted by molar-refractivity contribution is 5.79. The highest BCUT2D eigenvalue weighted by Crippen LogP contribution is 2.35. The van der Waals surface area contributed by atoms with Crippen LogP contribution in [0.25, 0.3) is 0 Å². The number of ketones is 1. The standard InChI is InChI=1S/C16H20F2O2/c1-2-3-10-20-14-9-8-13(15(17)16(14)18)11-4-6-12(19)7-5-11/h8-9,11H,2-7,10H2,1H3. The molecule has 0 amide bonds. The van der Waals surface area contributed by atoms with Gasteiger partial charge in [0.1, 0.15) is 5.78 Å². The first-order chi connectivity index (χ1) is 9.63. The van der Waals surface area contributed by atoms with Crippen LogP contribution in [-0.4, -0.2) is 12.4 Å². The molecule has 0 radical (unpaired) electrons. The first-order valence-electron chi connectivity index (χ1n) is 7.25. The lowest BCUT2D eigenvalue weighted by molar-refractivity contribution is -0.120. The van der Waals surface area contributed by atoms with Crippen molar-refractivity contribution in [3.8, 4) is 5.75 Å². The van der Waals surface area contributed by atoms with E-state index in [-0.39, 0.29) is 17.5 Å². The zero-order valence-corrected chi connectivity index (χ0v) is 11.8. The van der Waals surface area contributed by atoms with Gasteiger partial charge in [-0.25, -0.2) is 4.39 Å². The number of ether oxygens (including phenoxy) is 1. The summed E-state index contributed by atoms with van der Waals surface area (Å²) in [7, 11) is 0. The van der Waals surface area contributed by atoms with E-state index in [0.717, 1.165) is 12.8 Å². The lowest BCUT2D eigenvalue weighted by Crippen LogP contribution is -2.14. The Kier molecular flexibility index (Phi) is 5.10. The SMILES string of the molecule is CCCCOc1ccc(C2CCC(=O)CC2)c(F)c1F. The van der Waals surface area contributed by atoms with Crippen LogP contribution >= 0.6 is 0 Å². The number of benzene rings is 1. The van der Waals surface area contributed by atoms with E-state index in [1.807, 2.05) is 6.92 Å². The van der Waals surface area contributed by atoms with Crippen LogP contribution in [0.15, 0.2) is 12.1 Å². The molecule has 1 aliphatic rings. The van der Waals surface area contributed by atoms with Gasteiger partial charge in [0.25, 0.3) is 0 Å². The Morgan fingerprint density at radius 3 is 2.55 bits per heavy atom. The minimum absolute atomic E-state index is 0.0217. The number of halogens is 2. The number of carbonyl (C=O) groups excluding carboxylic acids is 1. The van der Waals surface area contributed by atoms with Gasteiger partial charge in [-0.2, -0.15) is 4.39 Å². The van der Waals surface area contributed by atoms with Gasteiger partial charge in [-0.05, 0) is 36.8 Å². The molecule has 0 unspecified atom stereocenters. The molecule has 0 N–H and O–H groups in total. The van der Waals surface area contributed by atoms with Crippen molar-refractivity contribution in [2.45, 2.75) is 51.4 Å². The minimum Gasteiger partial charge on any atom is -0.490 e.